The first-order valence-corrected chi connectivity index (χ1v) is 7.10. The van der Waals surface area contributed by atoms with Gasteiger partial charge < -0.3 is 5.32 Å². The van der Waals surface area contributed by atoms with Gasteiger partial charge in [0, 0.05) is 11.4 Å². The third kappa shape index (κ3) is 3.05. The van der Waals surface area contributed by atoms with Gasteiger partial charge in [-0.15, -0.1) is 11.3 Å². The van der Waals surface area contributed by atoms with Crippen molar-refractivity contribution in [3.8, 4) is 0 Å². The molecule has 16 heavy (non-hydrogen) atoms. The van der Waals surface area contributed by atoms with Crippen molar-refractivity contribution in [1.29, 1.82) is 0 Å². The maximum absolute atomic E-state index is 4.55. The fraction of sp³-hybridized carbons (Fsp3) is 0.769. The zero-order valence-corrected chi connectivity index (χ0v) is 11.4. The number of hydrogen-bond acceptors (Lipinski definition) is 3. The van der Waals surface area contributed by atoms with E-state index in [1.807, 2.05) is 11.3 Å². The molecular formula is C13H22N2S. The molecule has 90 valence electrons. The molecule has 1 aromatic heterocycles. The molecule has 1 saturated carbocycles. The molecule has 1 heterocycles. The fourth-order valence-corrected chi connectivity index (χ4v) is 3.41. The van der Waals surface area contributed by atoms with Crippen molar-refractivity contribution < 1.29 is 0 Å². The molecule has 1 aromatic rings. The van der Waals surface area contributed by atoms with Gasteiger partial charge in [0.2, 0.25) is 0 Å². The van der Waals surface area contributed by atoms with E-state index in [0.717, 1.165) is 18.4 Å². The average molecular weight is 238 g/mol. The van der Waals surface area contributed by atoms with Crippen LogP contribution in [0.25, 0.3) is 0 Å². The van der Waals surface area contributed by atoms with Crippen LogP contribution in [0.4, 0.5) is 0 Å². The van der Waals surface area contributed by atoms with Gasteiger partial charge >= 0.3 is 0 Å². The zero-order chi connectivity index (χ0) is 11.5. The lowest BCUT2D eigenvalue weighted by atomic mass is 10.1. The van der Waals surface area contributed by atoms with Crippen molar-refractivity contribution in [3.63, 3.8) is 0 Å². The Labute approximate surface area is 102 Å². The number of thiazole rings is 1. The van der Waals surface area contributed by atoms with E-state index < -0.39 is 0 Å². The van der Waals surface area contributed by atoms with Crippen molar-refractivity contribution in [2.24, 2.45) is 11.8 Å². The van der Waals surface area contributed by atoms with Crippen LogP contribution in [0.2, 0.25) is 0 Å². The molecular weight excluding hydrogens is 216 g/mol. The number of hydrogen-bond donors (Lipinski definition) is 1. The van der Waals surface area contributed by atoms with Crippen molar-refractivity contribution in [2.45, 2.75) is 46.6 Å². The van der Waals surface area contributed by atoms with Gasteiger partial charge in [0.1, 0.15) is 5.01 Å². The zero-order valence-electron chi connectivity index (χ0n) is 10.5. The summed E-state index contributed by atoms with van der Waals surface area (Å²) < 4.78 is 0. The summed E-state index contributed by atoms with van der Waals surface area (Å²) >= 11 is 1.82. The second-order valence-electron chi connectivity index (χ2n) is 5.16. The Bertz CT molecular complexity index is 326. The summed E-state index contributed by atoms with van der Waals surface area (Å²) in [7, 11) is 0. The Morgan fingerprint density at radius 2 is 2.19 bits per heavy atom. The number of nitrogens with one attached hydrogen (secondary N) is 1. The molecule has 0 aliphatic heterocycles. The molecule has 1 aliphatic carbocycles. The highest BCUT2D eigenvalue weighted by atomic mass is 32.1. The maximum Gasteiger partial charge on any atom is 0.107 e. The highest BCUT2D eigenvalue weighted by Crippen LogP contribution is 2.29. The van der Waals surface area contributed by atoms with E-state index in [1.54, 1.807) is 0 Å². The number of rotatable bonds is 4. The summed E-state index contributed by atoms with van der Waals surface area (Å²) in [6.45, 7) is 8.73. The van der Waals surface area contributed by atoms with E-state index >= 15 is 0 Å². The van der Waals surface area contributed by atoms with Crippen LogP contribution in [-0.4, -0.2) is 11.5 Å². The van der Waals surface area contributed by atoms with Gasteiger partial charge in [-0.05, 0) is 45.1 Å². The van der Waals surface area contributed by atoms with Gasteiger partial charge in [-0.2, -0.15) is 0 Å². The van der Waals surface area contributed by atoms with Crippen LogP contribution in [0, 0.1) is 25.7 Å². The minimum Gasteiger partial charge on any atom is -0.310 e. The second kappa shape index (κ2) is 5.28. The van der Waals surface area contributed by atoms with E-state index in [1.165, 1.54) is 41.4 Å². The summed E-state index contributed by atoms with van der Waals surface area (Å²) in [5.74, 6) is 1.84. The molecule has 2 atom stereocenters. The minimum atomic E-state index is 0.900. The van der Waals surface area contributed by atoms with Gasteiger partial charge in [0.15, 0.2) is 0 Å². The molecule has 0 saturated heterocycles. The van der Waals surface area contributed by atoms with Gasteiger partial charge in [-0.3, -0.25) is 0 Å². The highest BCUT2D eigenvalue weighted by Gasteiger charge is 2.20. The molecule has 1 N–H and O–H groups in total. The Hall–Kier alpha value is -0.410. The Morgan fingerprint density at radius 3 is 2.75 bits per heavy atom. The predicted molar refractivity (Wildman–Crippen MR) is 69.8 cm³/mol. The van der Waals surface area contributed by atoms with Crippen molar-refractivity contribution in [1.82, 2.24) is 10.3 Å². The molecule has 0 aromatic carbocycles. The van der Waals surface area contributed by atoms with Gasteiger partial charge in [0.25, 0.3) is 0 Å². The van der Waals surface area contributed by atoms with Crippen molar-refractivity contribution in [3.05, 3.63) is 15.6 Å². The van der Waals surface area contributed by atoms with Crippen LogP contribution in [0.1, 0.15) is 41.8 Å². The first kappa shape index (κ1) is 12.1. The Kier molecular flexibility index (Phi) is 3.98. The standard InChI is InChI=1S/C13H22N2S/c1-9-4-5-12(6-9)7-14-8-13-15-10(2)11(3)16-13/h9,12,14H,4-8H2,1-3H3. The molecule has 2 unspecified atom stereocenters. The van der Waals surface area contributed by atoms with E-state index in [9.17, 15) is 0 Å². The normalized spacial score (nSPS) is 25.2. The van der Waals surface area contributed by atoms with Crippen molar-refractivity contribution >= 4 is 11.3 Å². The van der Waals surface area contributed by atoms with E-state index in [-0.39, 0.29) is 0 Å². The summed E-state index contributed by atoms with van der Waals surface area (Å²) in [4.78, 5) is 5.90. The second-order valence-corrected chi connectivity index (χ2v) is 6.45. The van der Waals surface area contributed by atoms with Crippen molar-refractivity contribution in [2.75, 3.05) is 6.54 Å². The quantitative estimate of drug-likeness (QED) is 0.870. The molecule has 1 aliphatic rings. The lowest BCUT2D eigenvalue weighted by molar-refractivity contribution is 0.470. The smallest absolute Gasteiger partial charge is 0.107 e. The molecule has 0 bridgehead atoms. The SMILES string of the molecule is Cc1nc(CNCC2CCC(C)C2)sc1C. The number of aryl methyl sites for hydroxylation is 2. The van der Waals surface area contributed by atoms with Crippen LogP contribution < -0.4 is 5.32 Å². The third-order valence-corrected chi connectivity index (χ3v) is 4.66. The van der Waals surface area contributed by atoms with Gasteiger partial charge in [-0.25, -0.2) is 4.98 Å². The average Bonchev–Trinajstić information content (AvgIpc) is 2.75. The first-order valence-electron chi connectivity index (χ1n) is 6.28. The van der Waals surface area contributed by atoms with Gasteiger partial charge in [0.05, 0.1) is 5.69 Å². The van der Waals surface area contributed by atoms with E-state index in [0.29, 0.717) is 0 Å². The van der Waals surface area contributed by atoms with Crippen LogP contribution in [-0.2, 0) is 6.54 Å². The van der Waals surface area contributed by atoms with Crippen LogP contribution in [0.5, 0.6) is 0 Å². The molecule has 2 nitrogen and oxygen atoms in total. The molecule has 1 fully saturated rings. The lowest BCUT2D eigenvalue weighted by Crippen LogP contribution is -2.20. The number of aromatic nitrogens is 1. The van der Waals surface area contributed by atoms with Crippen LogP contribution in [0.3, 0.4) is 0 Å². The molecule has 2 rings (SSSR count). The monoisotopic (exact) mass is 238 g/mol. The van der Waals surface area contributed by atoms with E-state index in [2.05, 4.69) is 31.1 Å². The highest BCUT2D eigenvalue weighted by molar-refractivity contribution is 7.11. The lowest BCUT2D eigenvalue weighted by Gasteiger charge is -2.09. The summed E-state index contributed by atoms with van der Waals surface area (Å²) in [5, 5.41) is 4.79. The summed E-state index contributed by atoms with van der Waals surface area (Å²) in [6, 6.07) is 0. The van der Waals surface area contributed by atoms with E-state index in [4.69, 9.17) is 0 Å². The molecule has 3 heteroatoms. The first-order chi connectivity index (χ1) is 7.65. The van der Waals surface area contributed by atoms with Gasteiger partial charge in [-0.1, -0.05) is 13.3 Å². The largest absolute Gasteiger partial charge is 0.310 e. The Balaban J connectivity index is 1.72. The minimum absolute atomic E-state index is 0.900. The maximum atomic E-state index is 4.55. The third-order valence-electron chi connectivity index (χ3n) is 3.59. The summed E-state index contributed by atoms with van der Waals surface area (Å²) in [6.07, 6.45) is 4.23. The Morgan fingerprint density at radius 1 is 1.38 bits per heavy atom. The molecule has 0 amide bonds. The van der Waals surface area contributed by atoms with Crippen LogP contribution in [0.15, 0.2) is 0 Å². The number of nitrogens with zero attached hydrogens (tertiary/aromatic N) is 1. The topological polar surface area (TPSA) is 24.9 Å². The fourth-order valence-electron chi connectivity index (χ4n) is 2.51. The van der Waals surface area contributed by atoms with Crippen LogP contribution >= 0.6 is 11.3 Å². The summed E-state index contributed by atoms with van der Waals surface area (Å²) in [5.41, 5.74) is 1.19. The molecule has 0 radical (unpaired) electrons. The molecule has 0 spiro atoms. The predicted octanol–water partition coefficient (Wildman–Crippen LogP) is 3.29.